The molecule has 0 amide bonds. The maximum absolute atomic E-state index is 12.9. The van der Waals surface area contributed by atoms with Gasteiger partial charge in [-0.15, -0.1) is 12.4 Å². The highest BCUT2D eigenvalue weighted by Crippen LogP contribution is 2.43. The second kappa shape index (κ2) is 5.18. The van der Waals surface area contributed by atoms with E-state index in [-0.39, 0.29) is 18.0 Å². The van der Waals surface area contributed by atoms with Gasteiger partial charge in [0, 0.05) is 0 Å². The molecule has 1 rings (SSSR count). The van der Waals surface area contributed by atoms with E-state index in [0.717, 1.165) is 5.56 Å². The summed E-state index contributed by atoms with van der Waals surface area (Å²) >= 11 is 0. The van der Waals surface area contributed by atoms with E-state index in [2.05, 4.69) is 0 Å². The first kappa shape index (κ1) is 16.1. The van der Waals surface area contributed by atoms with Crippen LogP contribution in [0.15, 0.2) is 24.3 Å². The number of alkyl halides is 5. The molecule has 1 nitrogen and oxygen atoms in total. The number of hydrogen-bond donors (Lipinski definition) is 1. The fraction of sp³-hybridized carbons (Fsp3) is 0.400. The Bertz CT molecular complexity index is 360. The fourth-order valence-electron chi connectivity index (χ4n) is 1.16. The Kier molecular flexibility index (Phi) is 4.91. The molecule has 0 saturated carbocycles. The highest BCUT2D eigenvalue weighted by molar-refractivity contribution is 5.85. The molecule has 0 heterocycles. The quantitative estimate of drug-likeness (QED) is 0.820. The Morgan fingerprint density at radius 1 is 1.00 bits per heavy atom. The van der Waals surface area contributed by atoms with Crippen molar-refractivity contribution < 1.29 is 22.0 Å². The van der Waals surface area contributed by atoms with Gasteiger partial charge < -0.3 is 5.73 Å². The van der Waals surface area contributed by atoms with Crippen LogP contribution in [0.25, 0.3) is 0 Å². The number of hydrogen-bond acceptors (Lipinski definition) is 1. The Morgan fingerprint density at radius 3 is 1.76 bits per heavy atom. The minimum atomic E-state index is -5.64. The molecule has 1 aromatic carbocycles. The van der Waals surface area contributed by atoms with Crippen LogP contribution in [0.1, 0.15) is 17.2 Å². The van der Waals surface area contributed by atoms with Crippen LogP contribution < -0.4 is 5.73 Å². The van der Waals surface area contributed by atoms with Crippen LogP contribution in [0.2, 0.25) is 0 Å². The van der Waals surface area contributed by atoms with E-state index in [4.69, 9.17) is 5.73 Å². The molecule has 0 aromatic heterocycles. The zero-order valence-electron chi connectivity index (χ0n) is 8.76. The summed E-state index contributed by atoms with van der Waals surface area (Å²) in [4.78, 5) is 0. The van der Waals surface area contributed by atoms with Crippen molar-refractivity contribution in [2.75, 3.05) is 0 Å². The van der Waals surface area contributed by atoms with Crippen molar-refractivity contribution in [1.29, 1.82) is 0 Å². The number of benzene rings is 1. The average molecular weight is 276 g/mol. The predicted octanol–water partition coefficient (Wildman–Crippen LogP) is 3.61. The van der Waals surface area contributed by atoms with Gasteiger partial charge in [0.2, 0.25) is 0 Å². The van der Waals surface area contributed by atoms with Crippen molar-refractivity contribution in [2.24, 2.45) is 5.73 Å². The first-order valence-electron chi connectivity index (χ1n) is 4.43. The molecule has 0 saturated heterocycles. The second-order valence-corrected chi connectivity index (χ2v) is 3.51. The first-order valence-corrected chi connectivity index (χ1v) is 4.43. The second-order valence-electron chi connectivity index (χ2n) is 3.51. The van der Waals surface area contributed by atoms with Crippen LogP contribution in [-0.2, 0) is 0 Å². The lowest BCUT2D eigenvalue weighted by Crippen LogP contribution is -2.45. The van der Waals surface area contributed by atoms with Crippen LogP contribution in [0.3, 0.4) is 0 Å². The third-order valence-electron chi connectivity index (χ3n) is 2.21. The molecule has 17 heavy (non-hydrogen) atoms. The highest BCUT2D eigenvalue weighted by atomic mass is 35.5. The van der Waals surface area contributed by atoms with Gasteiger partial charge in [0.25, 0.3) is 0 Å². The molecule has 0 aliphatic rings. The number of halogens is 6. The van der Waals surface area contributed by atoms with Crippen LogP contribution in [0.4, 0.5) is 22.0 Å². The van der Waals surface area contributed by atoms with Crippen molar-refractivity contribution in [1.82, 2.24) is 0 Å². The summed E-state index contributed by atoms with van der Waals surface area (Å²) in [6.07, 6.45) is -5.64. The molecule has 0 bridgehead atoms. The Labute approximate surface area is 101 Å². The summed E-state index contributed by atoms with van der Waals surface area (Å²) < 4.78 is 61.8. The SMILES string of the molecule is Cc1ccc([C@H](N)C(F)(F)C(F)(F)F)cc1.Cl. The van der Waals surface area contributed by atoms with Gasteiger partial charge in [-0.05, 0) is 12.5 Å². The van der Waals surface area contributed by atoms with Gasteiger partial charge in [0.05, 0.1) is 0 Å². The molecule has 0 aliphatic carbocycles. The van der Waals surface area contributed by atoms with Crippen LogP contribution in [0.5, 0.6) is 0 Å². The summed E-state index contributed by atoms with van der Waals surface area (Å²) in [7, 11) is 0. The Balaban J connectivity index is 0.00000256. The van der Waals surface area contributed by atoms with Gasteiger partial charge in [0.1, 0.15) is 6.04 Å². The number of nitrogens with two attached hydrogens (primary N) is 1. The van der Waals surface area contributed by atoms with E-state index in [1.807, 2.05) is 0 Å². The van der Waals surface area contributed by atoms with Crippen LogP contribution >= 0.6 is 12.4 Å². The average Bonchev–Trinajstić information content (AvgIpc) is 2.16. The molecule has 1 atom stereocenters. The number of aryl methyl sites for hydroxylation is 1. The van der Waals surface area contributed by atoms with Gasteiger partial charge in [-0.1, -0.05) is 29.8 Å². The molecule has 2 N–H and O–H groups in total. The molecule has 0 radical (unpaired) electrons. The Morgan fingerprint density at radius 2 is 1.41 bits per heavy atom. The van der Waals surface area contributed by atoms with Gasteiger partial charge in [0.15, 0.2) is 0 Å². The smallest absolute Gasteiger partial charge is 0.319 e. The van der Waals surface area contributed by atoms with Crippen LogP contribution in [0, 0.1) is 6.92 Å². The van der Waals surface area contributed by atoms with Crippen LogP contribution in [-0.4, -0.2) is 12.1 Å². The maximum Gasteiger partial charge on any atom is 0.455 e. The normalized spacial score (nSPS) is 14.1. The summed E-state index contributed by atoms with van der Waals surface area (Å²) in [6.45, 7) is 1.69. The molecule has 0 fully saturated rings. The van der Waals surface area contributed by atoms with Gasteiger partial charge in [-0.3, -0.25) is 0 Å². The van der Waals surface area contributed by atoms with E-state index in [1.54, 1.807) is 6.92 Å². The van der Waals surface area contributed by atoms with Gasteiger partial charge >= 0.3 is 12.1 Å². The molecule has 0 unspecified atom stereocenters. The third-order valence-corrected chi connectivity index (χ3v) is 2.21. The molecule has 0 aliphatic heterocycles. The van der Waals surface area contributed by atoms with Crippen molar-refractivity contribution in [3.05, 3.63) is 35.4 Å². The van der Waals surface area contributed by atoms with Crippen molar-refractivity contribution in [3.63, 3.8) is 0 Å². The first-order chi connectivity index (χ1) is 7.16. The van der Waals surface area contributed by atoms with Crippen molar-refractivity contribution >= 4 is 12.4 Å². The molecule has 0 spiro atoms. The minimum absolute atomic E-state index is 0. The summed E-state index contributed by atoms with van der Waals surface area (Å²) in [5, 5.41) is 0. The maximum atomic E-state index is 12.9. The lowest BCUT2D eigenvalue weighted by atomic mass is 10.00. The lowest BCUT2D eigenvalue weighted by Gasteiger charge is -2.25. The van der Waals surface area contributed by atoms with E-state index in [9.17, 15) is 22.0 Å². The van der Waals surface area contributed by atoms with Gasteiger partial charge in [-0.2, -0.15) is 22.0 Å². The van der Waals surface area contributed by atoms with E-state index in [0.29, 0.717) is 0 Å². The zero-order chi connectivity index (χ0) is 12.6. The van der Waals surface area contributed by atoms with E-state index >= 15 is 0 Å². The zero-order valence-corrected chi connectivity index (χ0v) is 9.58. The molecular weight excluding hydrogens is 265 g/mol. The largest absolute Gasteiger partial charge is 0.455 e. The Hall–Kier alpha value is -0.880. The molecule has 7 heteroatoms. The molecule has 1 aromatic rings. The van der Waals surface area contributed by atoms with E-state index < -0.39 is 18.1 Å². The predicted molar refractivity (Wildman–Crippen MR) is 56.4 cm³/mol. The van der Waals surface area contributed by atoms with Crippen molar-refractivity contribution in [3.8, 4) is 0 Å². The summed E-state index contributed by atoms with van der Waals surface area (Å²) in [6, 6.07) is 2.82. The lowest BCUT2D eigenvalue weighted by molar-refractivity contribution is -0.291. The topological polar surface area (TPSA) is 26.0 Å². The van der Waals surface area contributed by atoms with Crippen molar-refractivity contribution in [2.45, 2.75) is 25.1 Å². The van der Waals surface area contributed by atoms with E-state index in [1.165, 1.54) is 24.3 Å². The minimum Gasteiger partial charge on any atom is -0.319 e. The summed E-state index contributed by atoms with van der Waals surface area (Å²) in [5.74, 6) is -4.93. The summed E-state index contributed by atoms with van der Waals surface area (Å²) in [5.41, 5.74) is 5.45. The number of rotatable bonds is 2. The third kappa shape index (κ3) is 3.29. The molecule has 98 valence electrons. The highest BCUT2D eigenvalue weighted by Gasteiger charge is 2.61. The monoisotopic (exact) mass is 275 g/mol. The molecular formula is C10H11ClF5N. The fourth-order valence-corrected chi connectivity index (χ4v) is 1.16. The standard InChI is InChI=1S/C10H10F5N.ClH/c1-6-2-4-7(5-3-6)8(16)9(11,12)10(13,14)15;/h2-5,8H,16H2,1H3;1H/t8-;/m0./s1. The van der Waals surface area contributed by atoms with Gasteiger partial charge in [-0.25, -0.2) is 0 Å².